The lowest BCUT2D eigenvalue weighted by molar-refractivity contribution is -0.136. The van der Waals surface area contributed by atoms with Crippen LogP contribution in [0.25, 0.3) is 0 Å². The molecule has 10 nitrogen and oxygen atoms in total. The number of carbonyl (C=O) groups is 3. The largest absolute Gasteiger partial charge is 0.481 e. The number of nitrogens with zero attached hydrogens (tertiary/aromatic N) is 3. The number of anilines is 2. The molecule has 2 amide bonds. The van der Waals surface area contributed by atoms with Gasteiger partial charge in [-0.05, 0) is 30.3 Å². The minimum absolute atomic E-state index is 0.145. The number of piperazine rings is 1. The minimum atomic E-state index is -0.936. The Bertz CT molecular complexity index is 1070. The highest BCUT2D eigenvalue weighted by Gasteiger charge is 2.33. The van der Waals surface area contributed by atoms with E-state index in [1.807, 2.05) is 4.90 Å². The standard InChI is InChI=1S/C23H27FN4O6/c1-15(29)25-12-19-14-28(23(32)34-19)16-2-5-21(20(24)10-16)27-8-6-26(7-9-27)13-18-4-3-17(33-18)11-22(30)31/h2-5,10,19H,6-9,11-14H2,1H3,(H,25,29)(H,30,31). The predicted octanol–water partition coefficient (Wildman–Crippen LogP) is 1.83. The maximum atomic E-state index is 15.0. The molecule has 0 bridgehead atoms. The number of carboxylic acid groups (broad SMARTS) is 1. The molecule has 1 unspecified atom stereocenters. The maximum Gasteiger partial charge on any atom is 0.414 e. The van der Waals surface area contributed by atoms with Crippen LogP contribution in [0.2, 0.25) is 0 Å². The molecule has 0 aliphatic carbocycles. The van der Waals surface area contributed by atoms with Crippen LogP contribution in [-0.4, -0.2) is 73.3 Å². The lowest BCUT2D eigenvalue weighted by Crippen LogP contribution is -2.46. The lowest BCUT2D eigenvalue weighted by Gasteiger charge is -2.36. The second kappa shape index (κ2) is 10.1. The summed E-state index contributed by atoms with van der Waals surface area (Å²) in [5, 5.41) is 11.5. The first-order valence-electron chi connectivity index (χ1n) is 11.1. The molecule has 2 fully saturated rings. The first kappa shape index (κ1) is 23.6. The maximum absolute atomic E-state index is 15.0. The SMILES string of the molecule is CC(=O)NCC1CN(c2ccc(N3CCN(Cc4ccc(CC(=O)O)o4)CC3)c(F)c2)C(=O)O1. The molecule has 11 heteroatoms. The van der Waals surface area contributed by atoms with Crippen molar-refractivity contribution in [3.8, 4) is 0 Å². The molecule has 0 radical (unpaired) electrons. The summed E-state index contributed by atoms with van der Waals surface area (Å²) < 4.78 is 25.8. The van der Waals surface area contributed by atoms with Crippen molar-refractivity contribution >= 4 is 29.3 Å². The van der Waals surface area contributed by atoms with Gasteiger partial charge in [0.05, 0.1) is 31.0 Å². The molecule has 0 saturated carbocycles. The fourth-order valence-corrected chi connectivity index (χ4v) is 4.14. The number of cyclic esters (lactones) is 1. The molecule has 4 rings (SSSR count). The van der Waals surface area contributed by atoms with Crippen LogP contribution in [0.4, 0.5) is 20.6 Å². The van der Waals surface area contributed by atoms with Crippen molar-refractivity contribution in [2.75, 3.05) is 49.1 Å². The van der Waals surface area contributed by atoms with Crippen molar-refractivity contribution in [1.29, 1.82) is 0 Å². The van der Waals surface area contributed by atoms with Crippen LogP contribution in [0.3, 0.4) is 0 Å². The number of halogens is 1. The zero-order valence-corrected chi connectivity index (χ0v) is 18.8. The van der Waals surface area contributed by atoms with E-state index >= 15 is 0 Å². The number of hydrogen-bond donors (Lipinski definition) is 2. The van der Waals surface area contributed by atoms with Crippen molar-refractivity contribution in [3.63, 3.8) is 0 Å². The number of rotatable bonds is 8. The van der Waals surface area contributed by atoms with Crippen LogP contribution in [0.5, 0.6) is 0 Å². The highest BCUT2D eigenvalue weighted by molar-refractivity contribution is 5.90. The van der Waals surface area contributed by atoms with Crippen LogP contribution in [0.1, 0.15) is 18.4 Å². The van der Waals surface area contributed by atoms with Gasteiger partial charge in [-0.15, -0.1) is 0 Å². The smallest absolute Gasteiger partial charge is 0.414 e. The second-order valence-corrected chi connectivity index (χ2v) is 8.39. The Kier molecular flexibility index (Phi) is 7.01. The van der Waals surface area contributed by atoms with E-state index in [2.05, 4.69) is 10.2 Å². The molecule has 2 aromatic rings. The zero-order chi connectivity index (χ0) is 24.2. The molecular weight excluding hydrogens is 447 g/mol. The molecule has 1 aromatic heterocycles. The molecule has 1 aromatic carbocycles. The minimum Gasteiger partial charge on any atom is -0.481 e. The number of carbonyl (C=O) groups excluding carboxylic acids is 2. The first-order chi connectivity index (χ1) is 16.3. The van der Waals surface area contributed by atoms with Crippen molar-refractivity contribution in [1.82, 2.24) is 10.2 Å². The van der Waals surface area contributed by atoms with Gasteiger partial charge >= 0.3 is 12.1 Å². The van der Waals surface area contributed by atoms with Gasteiger partial charge in [0.2, 0.25) is 5.91 Å². The summed E-state index contributed by atoms with van der Waals surface area (Å²) in [7, 11) is 0. The number of hydrogen-bond acceptors (Lipinski definition) is 7. The fourth-order valence-electron chi connectivity index (χ4n) is 4.14. The zero-order valence-electron chi connectivity index (χ0n) is 18.8. The van der Waals surface area contributed by atoms with Crippen LogP contribution in [-0.2, 0) is 27.3 Å². The molecule has 2 N–H and O–H groups in total. The predicted molar refractivity (Wildman–Crippen MR) is 120 cm³/mol. The number of ether oxygens (including phenoxy) is 1. The number of benzene rings is 1. The van der Waals surface area contributed by atoms with E-state index in [9.17, 15) is 18.8 Å². The number of nitrogens with one attached hydrogen (secondary N) is 1. The molecule has 34 heavy (non-hydrogen) atoms. The normalized spacial score (nSPS) is 18.8. The van der Waals surface area contributed by atoms with E-state index in [0.29, 0.717) is 55.6 Å². The lowest BCUT2D eigenvalue weighted by atomic mass is 10.2. The number of amides is 2. The van der Waals surface area contributed by atoms with Crippen LogP contribution >= 0.6 is 0 Å². The second-order valence-electron chi connectivity index (χ2n) is 8.39. The first-order valence-corrected chi connectivity index (χ1v) is 11.1. The third-order valence-corrected chi connectivity index (χ3v) is 5.83. The van der Waals surface area contributed by atoms with E-state index in [0.717, 1.165) is 0 Å². The van der Waals surface area contributed by atoms with Crippen LogP contribution in [0, 0.1) is 5.82 Å². The molecule has 0 spiro atoms. The van der Waals surface area contributed by atoms with Gasteiger partial charge < -0.3 is 24.5 Å². The fraction of sp³-hybridized carbons (Fsp3) is 0.435. The van der Waals surface area contributed by atoms with E-state index in [4.69, 9.17) is 14.3 Å². The third-order valence-electron chi connectivity index (χ3n) is 5.83. The van der Waals surface area contributed by atoms with E-state index in [1.165, 1.54) is 17.9 Å². The Hall–Kier alpha value is -3.60. The topological polar surface area (TPSA) is 116 Å². The quantitative estimate of drug-likeness (QED) is 0.596. The Morgan fingerprint density at radius 2 is 1.88 bits per heavy atom. The molecule has 2 aliphatic rings. The summed E-state index contributed by atoms with van der Waals surface area (Å²) in [4.78, 5) is 39.5. The number of aliphatic carboxylic acids is 1. The third kappa shape index (κ3) is 5.66. The Morgan fingerprint density at radius 3 is 2.56 bits per heavy atom. The number of furan rings is 1. The van der Waals surface area contributed by atoms with E-state index in [1.54, 1.807) is 24.3 Å². The van der Waals surface area contributed by atoms with Crippen LogP contribution in [0.15, 0.2) is 34.7 Å². The van der Waals surface area contributed by atoms with Gasteiger partial charge in [-0.3, -0.25) is 19.4 Å². The Balaban J connectivity index is 1.32. The van der Waals surface area contributed by atoms with Gasteiger partial charge in [0, 0.05) is 33.1 Å². The van der Waals surface area contributed by atoms with Crippen molar-refractivity contribution in [2.24, 2.45) is 0 Å². The van der Waals surface area contributed by atoms with Crippen molar-refractivity contribution in [3.05, 3.63) is 47.7 Å². The van der Waals surface area contributed by atoms with Gasteiger partial charge in [0.25, 0.3) is 0 Å². The van der Waals surface area contributed by atoms with E-state index in [-0.39, 0.29) is 25.4 Å². The average molecular weight is 474 g/mol. The number of carboxylic acids is 1. The molecule has 3 heterocycles. The summed E-state index contributed by atoms with van der Waals surface area (Å²) in [6.45, 7) is 5.01. The van der Waals surface area contributed by atoms with Gasteiger partial charge in [0.1, 0.15) is 29.9 Å². The Labute approximate surface area is 195 Å². The highest BCUT2D eigenvalue weighted by atomic mass is 19.1. The highest BCUT2D eigenvalue weighted by Crippen LogP contribution is 2.28. The van der Waals surface area contributed by atoms with Crippen molar-refractivity contribution < 1.29 is 33.0 Å². The van der Waals surface area contributed by atoms with Gasteiger partial charge in [-0.2, -0.15) is 0 Å². The molecule has 2 saturated heterocycles. The van der Waals surface area contributed by atoms with Gasteiger partial charge in [0.15, 0.2) is 0 Å². The van der Waals surface area contributed by atoms with E-state index < -0.39 is 24.0 Å². The van der Waals surface area contributed by atoms with Gasteiger partial charge in [-0.1, -0.05) is 0 Å². The summed E-state index contributed by atoms with van der Waals surface area (Å²) in [6.07, 6.45) is -1.20. The summed E-state index contributed by atoms with van der Waals surface area (Å²) in [5.41, 5.74) is 0.873. The molecule has 2 aliphatic heterocycles. The average Bonchev–Trinajstić information content (AvgIpc) is 3.38. The molecule has 1 atom stereocenters. The Morgan fingerprint density at radius 1 is 1.15 bits per heavy atom. The summed E-state index contributed by atoms with van der Waals surface area (Å²) in [6, 6.07) is 8.15. The van der Waals surface area contributed by atoms with Crippen LogP contribution < -0.4 is 15.1 Å². The monoisotopic (exact) mass is 474 g/mol. The molecular formula is C23H27FN4O6. The van der Waals surface area contributed by atoms with Crippen molar-refractivity contribution in [2.45, 2.75) is 26.0 Å². The van der Waals surface area contributed by atoms with Gasteiger partial charge in [-0.25, -0.2) is 9.18 Å². The summed E-state index contributed by atoms with van der Waals surface area (Å²) >= 11 is 0. The summed E-state index contributed by atoms with van der Waals surface area (Å²) in [5.74, 6) is -0.444. The molecule has 182 valence electrons.